The number of benzene rings is 1. The minimum atomic E-state index is -4.64. The van der Waals surface area contributed by atoms with Crippen LogP contribution in [0.3, 0.4) is 0 Å². The molecule has 1 aromatic rings. The molecule has 1 fully saturated rings. The van der Waals surface area contributed by atoms with E-state index in [-0.39, 0.29) is 32.7 Å². The number of methoxy groups -OCH3 is 1. The van der Waals surface area contributed by atoms with E-state index in [4.69, 9.17) is 0 Å². The van der Waals surface area contributed by atoms with Crippen molar-refractivity contribution in [2.75, 3.05) is 39.8 Å². The van der Waals surface area contributed by atoms with Crippen LogP contribution in [0.15, 0.2) is 29.2 Å². The van der Waals surface area contributed by atoms with Crippen LogP contribution < -0.4 is 5.32 Å². The van der Waals surface area contributed by atoms with E-state index in [1.54, 1.807) is 4.90 Å². The van der Waals surface area contributed by atoms with Gasteiger partial charge in [-0.3, -0.25) is 15.0 Å². The number of amides is 2. The summed E-state index contributed by atoms with van der Waals surface area (Å²) in [6, 6.07) is 3.56. The number of hydrogen-bond donors (Lipinski definition) is 1. The molecule has 0 unspecified atom stereocenters. The molecular weight excluding hydrogens is 391 g/mol. The maximum atomic E-state index is 12.8. The molecule has 12 heteroatoms. The summed E-state index contributed by atoms with van der Waals surface area (Å²) in [5.41, 5.74) is -1.04. The van der Waals surface area contributed by atoms with Gasteiger partial charge in [0.05, 0.1) is 24.1 Å². The molecule has 1 aliphatic heterocycles. The minimum Gasteiger partial charge on any atom is -0.453 e. The van der Waals surface area contributed by atoms with Crippen molar-refractivity contribution in [1.29, 1.82) is 0 Å². The van der Waals surface area contributed by atoms with Gasteiger partial charge in [0.25, 0.3) is 0 Å². The summed E-state index contributed by atoms with van der Waals surface area (Å²) in [6.45, 7) is 0.250. The first-order valence-electron chi connectivity index (χ1n) is 7.81. The highest BCUT2D eigenvalue weighted by Gasteiger charge is 2.34. The Kier molecular flexibility index (Phi) is 6.44. The van der Waals surface area contributed by atoms with Crippen molar-refractivity contribution < 1.29 is 35.9 Å². The van der Waals surface area contributed by atoms with Crippen LogP contribution in [0, 0.1) is 0 Å². The van der Waals surface area contributed by atoms with E-state index in [1.165, 1.54) is 0 Å². The molecule has 0 saturated carbocycles. The summed E-state index contributed by atoms with van der Waals surface area (Å²) >= 11 is 0. The number of imide groups is 1. The highest BCUT2D eigenvalue weighted by atomic mass is 32.2. The molecule has 1 aromatic carbocycles. The third-order valence-corrected chi connectivity index (χ3v) is 5.82. The van der Waals surface area contributed by atoms with Gasteiger partial charge in [-0.25, -0.2) is 13.2 Å². The van der Waals surface area contributed by atoms with Crippen molar-refractivity contribution in [2.24, 2.45) is 0 Å². The Labute approximate surface area is 153 Å². The fraction of sp³-hybridized carbons (Fsp3) is 0.467. The molecule has 0 radical (unpaired) electrons. The lowest BCUT2D eigenvalue weighted by atomic mass is 10.2. The van der Waals surface area contributed by atoms with Crippen LogP contribution in [0.2, 0.25) is 0 Å². The van der Waals surface area contributed by atoms with E-state index in [1.807, 2.05) is 5.32 Å². The van der Waals surface area contributed by atoms with Crippen LogP contribution in [-0.2, 0) is 25.7 Å². The zero-order chi connectivity index (χ0) is 20.2. The maximum absolute atomic E-state index is 12.8. The number of alkyl halides is 3. The Bertz CT molecular complexity index is 805. The van der Waals surface area contributed by atoms with Gasteiger partial charge in [0.1, 0.15) is 0 Å². The minimum absolute atomic E-state index is 0.00405. The van der Waals surface area contributed by atoms with Gasteiger partial charge in [0.2, 0.25) is 15.9 Å². The summed E-state index contributed by atoms with van der Waals surface area (Å²) in [5.74, 6) is -0.601. The number of rotatable bonds is 4. The number of sulfonamides is 1. The van der Waals surface area contributed by atoms with Crippen molar-refractivity contribution >= 4 is 22.0 Å². The number of carbonyl (C=O) groups excluding carboxylic acids is 2. The quantitative estimate of drug-likeness (QED) is 0.794. The lowest BCUT2D eigenvalue weighted by molar-refractivity contribution is -0.137. The van der Waals surface area contributed by atoms with Crippen LogP contribution in [0.1, 0.15) is 5.56 Å². The molecule has 0 bridgehead atoms. The third kappa shape index (κ3) is 5.40. The average molecular weight is 409 g/mol. The Hall–Kier alpha value is -2.18. The predicted octanol–water partition coefficient (Wildman–Crippen LogP) is 0.894. The molecule has 2 amide bonds. The summed E-state index contributed by atoms with van der Waals surface area (Å²) in [7, 11) is -2.98. The number of nitrogens with one attached hydrogen (secondary N) is 1. The molecule has 2 rings (SSSR count). The molecule has 27 heavy (non-hydrogen) atoms. The average Bonchev–Trinajstić information content (AvgIpc) is 2.61. The van der Waals surface area contributed by atoms with Gasteiger partial charge in [-0.2, -0.15) is 17.5 Å². The van der Waals surface area contributed by atoms with Crippen molar-refractivity contribution in [1.82, 2.24) is 14.5 Å². The maximum Gasteiger partial charge on any atom is 0.416 e. The second-order valence-electron chi connectivity index (χ2n) is 5.75. The Morgan fingerprint density at radius 3 is 2.37 bits per heavy atom. The third-order valence-electron chi connectivity index (χ3n) is 3.92. The van der Waals surface area contributed by atoms with Gasteiger partial charge in [0.15, 0.2) is 0 Å². The molecule has 0 atom stereocenters. The van der Waals surface area contributed by atoms with Crippen LogP contribution in [0.4, 0.5) is 18.0 Å². The van der Waals surface area contributed by atoms with Crippen molar-refractivity contribution in [3.05, 3.63) is 29.8 Å². The topological polar surface area (TPSA) is 96.0 Å². The van der Waals surface area contributed by atoms with Gasteiger partial charge in [-0.1, -0.05) is 6.07 Å². The van der Waals surface area contributed by atoms with Crippen LogP contribution in [-0.4, -0.2) is 69.5 Å². The van der Waals surface area contributed by atoms with E-state index in [2.05, 4.69) is 4.74 Å². The molecule has 1 heterocycles. The van der Waals surface area contributed by atoms with Crippen molar-refractivity contribution in [3.8, 4) is 0 Å². The number of halogens is 3. The van der Waals surface area contributed by atoms with Gasteiger partial charge < -0.3 is 4.74 Å². The highest BCUT2D eigenvalue weighted by molar-refractivity contribution is 7.89. The summed E-state index contributed by atoms with van der Waals surface area (Å²) in [5, 5.41) is 1.98. The summed E-state index contributed by atoms with van der Waals surface area (Å²) in [4.78, 5) is 23.8. The summed E-state index contributed by atoms with van der Waals surface area (Å²) in [6.07, 6.45) is -5.54. The Balaban J connectivity index is 2.01. The molecule has 1 saturated heterocycles. The lowest BCUT2D eigenvalue weighted by Gasteiger charge is -2.33. The lowest BCUT2D eigenvalue weighted by Crippen LogP contribution is -2.51. The van der Waals surface area contributed by atoms with Crippen LogP contribution >= 0.6 is 0 Å². The SMILES string of the molecule is COC(=O)NC(=O)CN1CCN(S(=O)(=O)c2cccc(C(F)(F)F)c2)CC1. The van der Waals surface area contributed by atoms with Gasteiger partial charge in [-0.05, 0) is 18.2 Å². The van der Waals surface area contributed by atoms with E-state index in [9.17, 15) is 31.2 Å². The zero-order valence-electron chi connectivity index (χ0n) is 14.3. The molecule has 1 N–H and O–H groups in total. The Morgan fingerprint density at radius 2 is 1.81 bits per heavy atom. The second kappa shape index (κ2) is 8.23. The monoisotopic (exact) mass is 409 g/mol. The molecule has 1 aliphatic rings. The van der Waals surface area contributed by atoms with Crippen LogP contribution in [0.5, 0.6) is 0 Å². The largest absolute Gasteiger partial charge is 0.453 e. The standard InChI is InChI=1S/C15H18F3N3O5S/c1-26-14(23)19-13(22)10-20-5-7-21(8-6-20)27(24,25)12-4-2-3-11(9-12)15(16,17)18/h2-4,9H,5-8,10H2,1H3,(H,19,22,23). The zero-order valence-corrected chi connectivity index (χ0v) is 15.1. The number of nitrogens with zero attached hydrogens (tertiary/aromatic N) is 2. The number of piperazine rings is 1. The number of hydrogen-bond acceptors (Lipinski definition) is 6. The predicted molar refractivity (Wildman–Crippen MR) is 87.2 cm³/mol. The summed E-state index contributed by atoms with van der Waals surface area (Å²) < 4.78 is 68.9. The molecule has 8 nitrogen and oxygen atoms in total. The van der Waals surface area contributed by atoms with E-state index >= 15 is 0 Å². The smallest absolute Gasteiger partial charge is 0.416 e. The molecular formula is C15H18F3N3O5S. The molecule has 150 valence electrons. The number of alkyl carbamates (subject to hydrolysis) is 1. The van der Waals surface area contributed by atoms with Crippen molar-refractivity contribution in [3.63, 3.8) is 0 Å². The normalized spacial score (nSPS) is 16.7. The van der Waals surface area contributed by atoms with Crippen LogP contribution in [0.25, 0.3) is 0 Å². The second-order valence-corrected chi connectivity index (χ2v) is 7.68. The van der Waals surface area contributed by atoms with E-state index in [0.29, 0.717) is 6.07 Å². The van der Waals surface area contributed by atoms with Gasteiger partial charge in [0, 0.05) is 26.2 Å². The fourth-order valence-electron chi connectivity index (χ4n) is 2.52. The van der Waals surface area contributed by atoms with Gasteiger partial charge >= 0.3 is 12.3 Å². The molecule has 0 aromatic heterocycles. The first kappa shape index (κ1) is 21.1. The van der Waals surface area contributed by atoms with Crippen molar-refractivity contribution in [2.45, 2.75) is 11.1 Å². The number of carbonyl (C=O) groups is 2. The first-order valence-corrected chi connectivity index (χ1v) is 9.25. The van der Waals surface area contributed by atoms with E-state index in [0.717, 1.165) is 29.6 Å². The van der Waals surface area contributed by atoms with E-state index < -0.39 is 38.7 Å². The van der Waals surface area contributed by atoms with Gasteiger partial charge in [-0.15, -0.1) is 0 Å². The first-order chi connectivity index (χ1) is 12.5. The molecule has 0 spiro atoms. The number of ether oxygens (including phenoxy) is 1. The highest BCUT2D eigenvalue weighted by Crippen LogP contribution is 2.31. The fourth-order valence-corrected chi connectivity index (χ4v) is 3.99. The Morgan fingerprint density at radius 1 is 1.19 bits per heavy atom. The molecule has 0 aliphatic carbocycles.